The average Bonchev–Trinajstić information content (AvgIpc) is 4.01. The van der Waals surface area contributed by atoms with E-state index in [-0.39, 0.29) is 17.7 Å². The summed E-state index contributed by atoms with van der Waals surface area (Å²) in [5.41, 5.74) is 3.51. The van der Waals surface area contributed by atoms with Crippen LogP contribution in [0, 0.1) is 0 Å². The van der Waals surface area contributed by atoms with Gasteiger partial charge in [0.15, 0.2) is 23.0 Å². The molecule has 0 spiro atoms. The molecule has 56 heavy (non-hydrogen) atoms. The first-order valence-corrected chi connectivity index (χ1v) is 20.0. The molecule has 0 saturated carbocycles. The molecule has 0 unspecified atom stereocenters. The third-order valence-electron chi connectivity index (χ3n) is 8.12. The van der Waals surface area contributed by atoms with Gasteiger partial charge in [-0.25, -0.2) is 14.4 Å². The molecule has 6 aromatic rings. The molecule has 3 aromatic heterocycles. The van der Waals surface area contributed by atoms with Gasteiger partial charge in [0.2, 0.25) is 5.76 Å². The predicted octanol–water partition coefficient (Wildman–Crippen LogP) is 12.2. The van der Waals surface area contributed by atoms with E-state index in [2.05, 4.69) is 41.5 Å². The van der Waals surface area contributed by atoms with E-state index >= 15 is 0 Å². The normalized spacial score (nSPS) is 10.6. The highest BCUT2D eigenvalue weighted by molar-refractivity contribution is 7.12. The monoisotopic (exact) mass is 796 g/mol. The lowest BCUT2D eigenvalue weighted by molar-refractivity contribution is 0.0693. The van der Waals surface area contributed by atoms with Crippen LogP contribution in [0.25, 0.3) is 0 Å². The van der Waals surface area contributed by atoms with E-state index in [1.165, 1.54) is 34.5 Å². The number of carbonyl (C=O) groups excluding carboxylic acids is 3. The maximum Gasteiger partial charge on any atom is 0.379 e. The van der Waals surface area contributed by atoms with Gasteiger partial charge in [0.25, 0.3) is 0 Å². The second-order valence-corrected chi connectivity index (χ2v) is 15.1. The number of ether oxygens (including phenoxy) is 5. The number of thiophene rings is 2. The van der Waals surface area contributed by atoms with Crippen molar-refractivity contribution >= 4 is 40.6 Å². The maximum atomic E-state index is 12.0. The summed E-state index contributed by atoms with van der Waals surface area (Å²) in [6.07, 6.45) is 1.43. The molecule has 3 aromatic carbocycles. The molecule has 0 aliphatic carbocycles. The van der Waals surface area contributed by atoms with Crippen molar-refractivity contribution in [1.29, 1.82) is 0 Å². The van der Waals surface area contributed by atoms with Crippen LogP contribution < -0.4 is 23.7 Å². The van der Waals surface area contributed by atoms with Crippen molar-refractivity contribution in [3.8, 4) is 28.7 Å². The number of hydrogen-bond donors (Lipinski definition) is 0. The minimum absolute atomic E-state index is 0.162. The number of hydrogen-bond acceptors (Lipinski definition) is 11. The molecule has 294 valence electrons. The third kappa shape index (κ3) is 12.7. The van der Waals surface area contributed by atoms with Crippen molar-refractivity contribution in [3.63, 3.8) is 0 Å². The van der Waals surface area contributed by atoms with Crippen LogP contribution in [-0.4, -0.2) is 31.6 Å². The standard InChI is InChI=1S/C16H18O3S.C15H16O4.C14H14O2S/c1-4-18-14-10-12(11(2)3)7-8-13(14)19-16(17)15-6-5-9-20-15;1-10(2)11-6-7-12(14(9-11)17-3)19-15(16)13-5-4-8-18-13;1-10(2)11-5-7-12(8-6-11)16-14(15)13-4-3-9-17-13/h5-11H,4H2,1-3H3;4-10H,1-3H3;3-10H,1-2H3. The molecule has 0 aliphatic rings. The summed E-state index contributed by atoms with van der Waals surface area (Å²) in [7, 11) is 1.55. The van der Waals surface area contributed by atoms with Crippen molar-refractivity contribution in [1.82, 2.24) is 0 Å². The summed E-state index contributed by atoms with van der Waals surface area (Å²) < 4.78 is 31.8. The fraction of sp³-hybridized carbons (Fsp3) is 0.267. The van der Waals surface area contributed by atoms with Gasteiger partial charge < -0.3 is 28.1 Å². The van der Waals surface area contributed by atoms with Crippen LogP contribution in [0.2, 0.25) is 0 Å². The number of carbonyl (C=O) groups is 3. The van der Waals surface area contributed by atoms with Crippen LogP contribution in [0.1, 0.15) is 113 Å². The molecule has 0 aliphatic heterocycles. The van der Waals surface area contributed by atoms with Crippen molar-refractivity contribution in [2.24, 2.45) is 0 Å². The van der Waals surface area contributed by atoms with Gasteiger partial charge in [-0.15, -0.1) is 22.7 Å². The summed E-state index contributed by atoms with van der Waals surface area (Å²) in [5, 5.41) is 3.71. The molecular formula is C45H48O9S2. The molecule has 0 amide bonds. The van der Waals surface area contributed by atoms with Gasteiger partial charge in [0.1, 0.15) is 15.5 Å². The molecule has 9 nitrogen and oxygen atoms in total. The lowest BCUT2D eigenvalue weighted by atomic mass is 10.0. The van der Waals surface area contributed by atoms with E-state index in [4.69, 9.17) is 28.1 Å². The van der Waals surface area contributed by atoms with Crippen molar-refractivity contribution in [2.45, 2.75) is 66.2 Å². The number of methoxy groups -OCH3 is 1. The Morgan fingerprint density at radius 2 is 1.07 bits per heavy atom. The van der Waals surface area contributed by atoms with Gasteiger partial charge in [-0.3, -0.25) is 0 Å². The van der Waals surface area contributed by atoms with Crippen molar-refractivity contribution < 1.29 is 42.5 Å². The summed E-state index contributed by atoms with van der Waals surface area (Å²) in [5.74, 6) is 2.83. The van der Waals surface area contributed by atoms with Crippen LogP contribution in [0.15, 0.2) is 119 Å². The van der Waals surface area contributed by atoms with Gasteiger partial charge in [0.05, 0.1) is 20.0 Å². The highest BCUT2D eigenvalue weighted by Gasteiger charge is 2.17. The fourth-order valence-corrected chi connectivity index (χ4v) is 6.12. The number of esters is 3. The number of benzene rings is 3. The molecule has 0 fully saturated rings. The van der Waals surface area contributed by atoms with Crippen LogP contribution >= 0.6 is 22.7 Å². The molecule has 6 rings (SSSR count). The zero-order valence-corrected chi connectivity index (χ0v) is 34.5. The predicted molar refractivity (Wildman–Crippen MR) is 222 cm³/mol. The average molecular weight is 797 g/mol. The molecule has 11 heteroatoms. The number of rotatable bonds is 12. The minimum Gasteiger partial charge on any atom is -0.493 e. The number of furan rings is 1. The first-order valence-electron chi connectivity index (χ1n) is 18.2. The Morgan fingerprint density at radius 3 is 1.54 bits per heavy atom. The topological polar surface area (TPSA) is 111 Å². The molecule has 0 saturated heterocycles. The van der Waals surface area contributed by atoms with E-state index in [9.17, 15) is 14.4 Å². The summed E-state index contributed by atoms with van der Waals surface area (Å²) in [4.78, 5) is 36.7. The molecule has 0 atom stereocenters. The highest BCUT2D eigenvalue weighted by atomic mass is 32.1. The largest absolute Gasteiger partial charge is 0.493 e. The summed E-state index contributed by atoms with van der Waals surface area (Å²) >= 11 is 2.75. The minimum atomic E-state index is -0.541. The Balaban J connectivity index is 0.000000187. The van der Waals surface area contributed by atoms with E-state index in [1.54, 1.807) is 43.5 Å². The fourth-order valence-electron chi connectivity index (χ4n) is 4.93. The highest BCUT2D eigenvalue weighted by Crippen LogP contribution is 2.33. The lowest BCUT2D eigenvalue weighted by Crippen LogP contribution is -2.08. The Kier molecular flexibility index (Phi) is 16.5. The second kappa shape index (κ2) is 21.4. The van der Waals surface area contributed by atoms with Crippen LogP contribution in [-0.2, 0) is 0 Å². The Hall–Kier alpha value is -5.65. The first-order chi connectivity index (χ1) is 26.9. The Bertz CT molecular complexity index is 2100. The Morgan fingerprint density at radius 1 is 0.571 bits per heavy atom. The lowest BCUT2D eigenvalue weighted by Gasteiger charge is -2.13. The zero-order valence-electron chi connectivity index (χ0n) is 32.9. The molecule has 0 radical (unpaired) electrons. The summed E-state index contributed by atoms with van der Waals surface area (Å²) in [6.45, 7) is 15.1. The zero-order chi connectivity index (χ0) is 40.6. The second-order valence-electron chi connectivity index (χ2n) is 13.2. The SMILES string of the molecule is CC(C)c1ccc(OC(=O)c2cccs2)cc1.CCOc1cc(C(C)C)ccc1OC(=O)c1cccs1.COc1cc(C(C)C)ccc1OC(=O)c1ccco1. The first kappa shape index (κ1) is 43.1. The van der Waals surface area contributed by atoms with Crippen LogP contribution in [0.3, 0.4) is 0 Å². The van der Waals surface area contributed by atoms with Crippen LogP contribution in [0.4, 0.5) is 0 Å². The quantitative estimate of drug-likeness (QED) is 0.0882. The Labute approximate surface area is 336 Å². The van der Waals surface area contributed by atoms with Gasteiger partial charge >= 0.3 is 17.9 Å². The molecule has 3 heterocycles. The van der Waals surface area contributed by atoms with Gasteiger partial charge in [-0.05, 0) is 113 Å². The van der Waals surface area contributed by atoms with E-state index in [0.29, 0.717) is 62.9 Å². The molecule has 0 bridgehead atoms. The van der Waals surface area contributed by atoms with Crippen LogP contribution in [0.5, 0.6) is 28.7 Å². The smallest absolute Gasteiger partial charge is 0.379 e. The maximum absolute atomic E-state index is 12.0. The van der Waals surface area contributed by atoms with E-state index in [1.807, 2.05) is 78.3 Å². The molecule has 0 N–H and O–H groups in total. The summed E-state index contributed by atoms with van der Waals surface area (Å²) in [6, 6.07) is 29.2. The third-order valence-corrected chi connectivity index (χ3v) is 9.82. The van der Waals surface area contributed by atoms with Gasteiger partial charge in [-0.1, -0.05) is 77.9 Å². The van der Waals surface area contributed by atoms with Crippen molar-refractivity contribution in [3.05, 3.63) is 146 Å². The van der Waals surface area contributed by atoms with E-state index < -0.39 is 5.97 Å². The van der Waals surface area contributed by atoms with Crippen molar-refractivity contribution in [2.75, 3.05) is 13.7 Å². The molecular weight excluding hydrogens is 749 g/mol. The van der Waals surface area contributed by atoms with Gasteiger partial charge in [0, 0.05) is 0 Å². The van der Waals surface area contributed by atoms with E-state index in [0.717, 1.165) is 11.1 Å². The van der Waals surface area contributed by atoms with Gasteiger partial charge in [-0.2, -0.15) is 0 Å².